The number of hydrogen-bond donors (Lipinski definition) is 1. The summed E-state index contributed by atoms with van der Waals surface area (Å²) in [6.45, 7) is 2.28. The van der Waals surface area contributed by atoms with Crippen molar-refractivity contribution in [3.8, 4) is 0 Å². The van der Waals surface area contributed by atoms with E-state index in [4.69, 9.17) is 16.3 Å². The fraction of sp³-hybridized carbons (Fsp3) is 0.588. The van der Waals surface area contributed by atoms with E-state index in [-0.39, 0.29) is 5.82 Å². The van der Waals surface area contributed by atoms with Gasteiger partial charge in [-0.15, -0.1) is 0 Å². The Morgan fingerprint density at radius 2 is 2.04 bits per heavy atom. The van der Waals surface area contributed by atoms with Crippen LogP contribution in [0.5, 0.6) is 0 Å². The summed E-state index contributed by atoms with van der Waals surface area (Å²) in [7, 11) is 1.77. The first-order chi connectivity index (χ1) is 11.2. The van der Waals surface area contributed by atoms with Crippen LogP contribution in [0.15, 0.2) is 23.2 Å². The number of nitrogens with one attached hydrogen (secondary N) is 1. The van der Waals surface area contributed by atoms with E-state index in [2.05, 4.69) is 15.2 Å². The lowest BCUT2D eigenvalue weighted by atomic mass is 9.82. The van der Waals surface area contributed by atoms with Crippen LogP contribution in [-0.2, 0) is 11.3 Å². The molecule has 3 fully saturated rings. The smallest absolute Gasteiger partial charge is 0.193 e. The highest BCUT2D eigenvalue weighted by Gasteiger charge is 2.53. The van der Waals surface area contributed by atoms with Gasteiger partial charge >= 0.3 is 0 Å². The number of guanidine groups is 1. The largest absolute Gasteiger partial charge is 0.374 e. The molecule has 3 heterocycles. The first kappa shape index (κ1) is 15.2. The van der Waals surface area contributed by atoms with E-state index in [0.717, 1.165) is 19.0 Å². The van der Waals surface area contributed by atoms with Crippen LogP contribution < -0.4 is 5.32 Å². The number of ether oxygens (including phenoxy) is 1. The normalized spacial score (nSPS) is 32.5. The number of benzene rings is 1. The minimum atomic E-state index is -0.287. The summed E-state index contributed by atoms with van der Waals surface area (Å²) < 4.78 is 19.9. The standard InChI is InChI=1S/C17H21ClFN3O/c1-20-17(21-7-10-13(18)3-2-4-14(10)19)22-8-11-12(9-22)16-6-5-15(11)23-16/h2-4,11-12,15-16H,5-9H2,1H3,(H,20,21). The van der Waals surface area contributed by atoms with E-state index in [1.165, 1.54) is 18.9 Å². The molecule has 3 aliphatic rings. The predicted octanol–water partition coefficient (Wildman–Crippen LogP) is 2.66. The van der Waals surface area contributed by atoms with Crippen LogP contribution in [0, 0.1) is 17.7 Å². The number of hydrogen-bond acceptors (Lipinski definition) is 2. The van der Waals surface area contributed by atoms with Gasteiger partial charge in [-0.05, 0) is 25.0 Å². The molecule has 0 saturated carbocycles. The van der Waals surface area contributed by atoms with E-state index in [0.29, 0.717) is 41.2 Å². The van der Waals surface area contributed by atoms with Crippen LogP contribution >= 0.6 is 11.6 Å². The minimum absolute atomic E-state index is 0.287. The van der Waals surface area contributed by atoms with Crippen molar-refractivity contribution in [1.29, 1.82) is 0 Å². The molecule has 4 atom stereocenters. The van der Waals surface area contributed by atoms with E-state index >= 15 is 0 Å². The Hall–Kier alpha value is -1.33. The predicted molar refractivity (Wildman–Crippen MR) is 88.1 cm³/mol. The number of nitrogens with zero attached hydrogens (tertiary/aromatic N) is 2. The summed E-state index contributed by atoms with van der Waals surface area (Å²) in [5.74, 6) is 1.76. The van der Waals surface area contributed by atoms with Gasteiger partial charge in [0.1, 0.15) is 5.82 Å². The van der Waals surface area contributed by atoms with Gasteiger partial charge in [0.05, 0.1) is 12.2 Å². The first-order valence-electron chi connectivity index (χ1n) is 8.21. The second kappa shape index (κ2) is 5.95. The number of halogens is 2. The summed E-state index contributed by atoms with van der Waals surface area (Å²) in [6, 6.07) is 4.76. The molecule has 23 heavy (non-hydrogen) atoms. The molecule has 124 valence electrons. The summed E-state index contributed by atoms with van der Waals surface area (Å²) >= 11 is 6.09. The third-order valence-corrected chi connectivity index (χ3v) is 5.80. The number of likely N-dealkylation sites (tertiary alicyclic amines) is 1. The third-order valence-electron chi connectivity index (χ3n) is 5.45. The summed E-state index contributed by atoms with van der Waals surface area (Å²) in [5, 5.41) is 3.70. The summed E-state index contributed by atoms with van der Waals surface area (Å²) in [4.78, 5) is 6.64. The van der Waals surface area contributed by atoms with Gasteiger partial charge in [0, 0.05) is 49.1 Å². The second-order valence-corrected chi connectivity index (χ2v) is 7.03. The van der Waals surface area contributed by atoms with Crippen LogP contribution in [0.25, 0.3) is 0 Å². The van der Waals surface area contributed by atoms with Gasteiger partial charge in [-0.25, -0.2) is 4.39 Å². The average Bonchev–Trinajstić information content (AvgIpc) is 3.22. The Bertz CT molecular complexity index is 600. The molecule has 4 rings (SSSR count). The van der Waals surface area contributed by atoms with Crippen LogP contribution in [0.2, 0.25) is 5.02 Å². The molecule has 4 nitrogen and oxygen atoms in total. The van der Waals surface area contributed by atoms with Crippen molar-refractivity contribution >= 4 is 17.6 Å². The van der Waals surface area contributed by atoms with Crippen molar-refractivity contribution in [3.63, 3.8) is 0 Å². The highest BCUT2D eigenvalue weighted by molar-refractivity contribution is 6.31. The zero-order valence-corrected chi connectivity index (χ0v) is 13.9. The molecule has 1 aromatic carbocycles. The van der Waals surface area contributed by atoms with Gasteiger partial charge in [-0.3, -0.25) is 4.99 Å². The number of fused-ring (bicyclic) bond motifs is 5. The molecular weight excluding hydrogens is 317 g/mol. The van der Waals surface area contributed by atoms with Crippen molar-refractivity contribution < 1.29 is 9.13 Å². The van der Waals surface area contributed by atoms with E-state index in [9.17, 15) is 4.39 Å². The Morgan fingerprint density at radius 3 is 2.65 bits per heavy atom. The van der Waals surface area contributed by atoms with Gasteiger partial charge in [0.2, 0.25) is 0 Å². The van der Waals surface area contributed by atoms with Gasteiger partial charge in [0.15, 0.2) is 5.96 Å². The summed E-state index contributed by atoms with van der Waals surface area (Å²) in [5.41, 5.74) is 0.484. The number of aliphatic imine (C=N–C) groups is 1. The van der Waals surface area contributed by atoms with Gasteiger partial charge in [-0.1, -0.05) is 17.7 Å². The molecule has 6 heteroatoms. The monoisotopic (exact) mass is 337 g/mol. The summed E-state index contributed by atoms with van der Waals surface area (Å²) in [6.07, 6.45) is 3.23. The lowest BCUT2D eigenvalue weighted by Gasteiger charge is -2.23. The molecule has 3 saturated heterocycles. The van der Waals surface area contributed by atoms with Crippen molar-refractivity contribution in [3.05, 3.63) is 34.6 Å². The third kappa shape index (κ3) is 2.60. The second-order valence-electron chi connectivity index (χ2n) is 6.62. The molecule has 1 aromatic rings. The van der Waals surface area contributed by atoms with Crippen LogP contribution in [0.1, 0.15) is 18.4 Å². The lowest BCUT2D eigenvalue weighted by Crippen LogP contribution is -2.41. The molecule has 0 amide bonds. The van der Waals surface area contributed by atoms with E-state index in [1.54, 1.807) is 19.2 Å². The van der Waals surface area contributed by atoms with Gasteiger partial charge < -0.3 is 15.0 Å². The van der Waals surface area contributed by atoms with E-state index < -0.39 is 0 Å². The van der Waals surface area contributed by atoms with E-state index in [1.807, 2.05) is 0 Å². The molecule has 0 spiro atoms. The molecule has 4 unspecified atom stereocenters. The fourth-order valence-electron chi connectivity index (χ4n) is 4.33. The highest BCUT2D eigenvalue weighted by atomic mass is 35.5. The SMILES string of the molecule is CN=C(NCc1c(F)cccc1Cl)N1CC2C3CCC(O3)C2C1. The molecule has 2 bridgehead atoms. The van der Waals surface area contributed by atoms with Gasteiger partial charge in [0.25, 0.3) is 0 Å². The molecular formula is C17H21ClFN3O. The highest BCUT2D eigenvalue weighted by Crippen LogP contribution is 2.47. The van der Waals surface area contributed by atoms with Crippen molar-refractivity contribution in [2.45, 2.75) is 31.6 Å². The molecule has 3 aliphatic heterocycles. The fourth-order valence-corrected chi connectivity index (χ4v) is 4.56. The van der Waals surface area contributed by atoms with Crippen LogP contribution in [0.3, 0.4) is 0 Å². The van der Waals surface area contributed by atoms with Crippen LogP contribution in [0.4, 0.5) is 4.39 Å². The van der Waals surface area contributed by atoms with Crippen molar-refractivity contribution in [1.82, 2.24) is 10.2 Å². The minimum Gasteiger partial charge on any atom is -0.374 e. The topological polar surface area (TPSA) is 36.9 Å². The first-order valence-corrected chi connectivity index (χ1v) is 8.59. The van der Waals surface area contributed by atoms with Gasteiger partial charge in [-0.2, -0.15) is 0 Å². The number of rotatable bonds is 2. The maximum absolute atomic E-state index is 13.9. The maximum atomic E-state index is 13.9. The maximum Gasteiger partial charge on any atom is 0.193 e. The van der Waals surface area contributed by atoms with Crippen molar-refractivity contribution in [2.24, 2.45) is 16.8 Å². The molecule has 0 aliphatic carbocycles. The molecule has 0 aromatic heterocycles. The average molecular weight is 338 g/mol. The zero-order chi connectivity index (χ0) is 16.0. The van der Waals surface area contributed by atoms with Crippen LogP contribution in [-0.4, -0.2) is 43.2 Å². The van der Waals surface area contributed by atoms with Crippen molar-refractivity contribution in [2.75, 3.05) is 20.1 Å². The Balaban J connectivity index is 1.42. The lowest BCUT2D eigenvalue weighted by molar-refractivity contribution is 0.0767. The Morgan fingerprint density at radius 1 is 1.35 bits per heavy atom. The quantitative estimate of drug-likeness (QED) is 0.666. The Kier molecular flexibility index (Phi) is 3.93. The zero-order valence-electron chi connectivity index (χ0n) is 13.1. The molecule has 0 radical (unpaired) electrons. The molecule has 1 N–H and O–H groups in total. The Labute approximate surface area is 140 Å².